The highest BCUT2D eigenvalue weighted by Crippen LogP contribution is 2.41. The quantitative estimate of drug-likeness (QED) is 0.448. The summed E-state index contributed by atoms with van der Waals surface area (Å²) >= 11 is 0. The Morgan fingerprint density at radius 3 is 2.21 bits per heavy atom. The molecule has 1 N–H and O–H groups in total. The number of rotatable bonds is 4. The van der Waals surface area contributed by atoms with E-state index < -0.39 is 5.97 Å². The molecular formula is C31H30O2. The topological polar surface area (TPSA) is 37.3 Å². The van der Waals surface area contributed by atoms with Gasteiger partial charge < -0.3 is 5.11 Å². The number of fused-ring (bicyclic) bond motifs is 1. The summed E-state index contributed by atoms with van der Waals surface area (Å²) in [5.41, 5.74) is 9.49. The molecule has 2 heteroatoms. The number of carboxylic acid groups (broad SMARTS) is 1. The Morgan fingerprint density at radius 2 is 1.58 bits per heavy atom. The molecule has 0 fully saturated rings. The summed E-state index contributed by atoms with van der Waals surface area (Å²) in [7, 11) is 0. The molecule has 0 saturated carbocycles. The van der Waals surface area contributed by atoms with Gasteiger partial charge in [0.1, 0.15) is 0 Å². The highest BCUT2D eigenvalue weighted by atomic mass is 16.4. The summed E-state index contributed by atoms with van der Waals surface area (Å²) in [5, 5.41) is 9.36. The lowest BCUT2D eigenvalue weighted by molar-refractivity contribution is 0.0695. The van der Waals surface area contributed by atoms with E-state index in [2.05, 4.69) is 81.2 Å². The van der Waals surface area contributed by atoms with Crippen molar-refractivity contribution in [2.75, 3.05) is 0 Å². The number of hydrogen-bond donors (Lipinski definition) is 1. The van der Waals surface area contributed by atoms with Gasteiger partial charge in [-0.15, -0.1) is 0 Å². The second-order valence-corrected chi connectivity index (χ2v) is 9.30. The number of benzene rings is 3. The molecule has 1 aliphatic carbocycles. The van der Waals surface area contributed by atoms with Gasteiger partial charge in [0.05, 0.1) is 5.56 Å². The molecule has 3 aromatic carbocycles. The molecule has 0 bridgehead atoms. The predicted octanol–water partition coefficient (Wildman–Crippen LogP) is 7.02. The van der Waals surface area contributed by atoms with Crippen molar-refractivity contribution in [3.8, 4) is 11.8 Å². The van der Waals surface area contributed by atoms with Crippen LogP contribution in [-0.2, 0) is 18.3 Å². The molecule has 0 atom stereocenters. The van der Waals surface area contributed by atoms with Crippen molar-refractivity contribution < 1.29 is 9.90 Å². The van der Waals surface area contributed by atoms with Crippen molar-refractivity contribution in [3.63, 3.8) is 0 Å². The van der Waals surface area contributed by atoms with E-state index >= 15 is 0 Å². The minimum atomic E-state index is -0.894. The first-order valence-electron chi connectivity index (χ1n) is 11.6. The second kappa shape index (κ2) is 9.12. The maximum atomic E-state index is 11.4. The zero-order valence-corrected chi connectivity index (χ0v) is 19.8. The molecule has 166 valence electrons. The Labute approximate surface area is 197 Å². The maximum absolute atomic E-state index is 11.4. The van der Waals surface area contributed by atoms with Gasteiger partial charge in [0, 0.05) is 11.1 Å². The molecule has 33 heavy (non-hydrogen) atoms. The van der Waals surface area contributed by atoms with Gasteiger partial charge in [-0.3, -0.25) is 0 Å². The highest BCUT2D eigenvalue weighted by molar-refractivity contribution is 5.89. The molecule has 1 aliphatic rings. The minimum absolute atomic E-state index is 0.0802. The summed E-state index contributed by atoms with van der Waals surface area (Å²) in [4.78, 5) is 11.4. The SMILES string of the molecule is CCc1ccc(C2=CCC(C)(C)c3ccc(C#Cc4ccc(C(=O)O)c(CC)c4)cc32)cc1. The number of carboxylic acids is 1. The van der Waals surface area contributed by atoms with Crippen LogP contribution in [0.2, 0.25) is 0 Å². The average molecular weight is 435 g/mol. The van der Waals surface area contributed by atoms with Crippen molar-refractivity contribution in [1.29, 1.82) is 0 Å². The van der Waals surface area contributed by atoms with E-state index in [0.29, 0.717) is 12.0 Å². The van der Waals surface area contributed by atoms with Gasteiger partial charge in [0.15, 0.2) is 0 Å². The molecule has 0 saturated heterocycles. The monoisotopic (exact) mass is 434 g/mol. The molecule has 0 radical (unpaired) electrons. The van der Waals surface area contributed by atoms with Crippen molar-refractivity contribution in [1.82, 2.24) is 0 Å². The first kappa shape index (κ1) is 22.6. The number of allylic oxidation sites excluding steroid dienone is 1. The standard InChI is InChI=1S/C31H30O2/c1-5-21-9-13-25(14-10-21)26-17-18-31(3,4)29-16-12-23(20-28(26)29)8-7-22-11-15-27(30(32)33)24(6-2)19-22/h9-17,19-20H,5-6,18H2,1-4H3,(H,32,33). The molecule has 0 unspecified atom stereocenters. The van der Waals surface area contributed by atoms with Gasteiger partial charge in [-0.2, -0.15) is 0 Å². The summed E-state index contributed by atoms with van der Waals surface area (Å²) in [5.74, 6) is 5.65. The molecular weight excluding hydrogens is 404 g/mol. The maximum Gasteiger partial charge on any atom is 0.335 e. The van der Waals surface area contributed by atoms with Gasteiger partial charge >= 0.3 is 5.97 Å². The van der Waals surface area contributed by atoms with Crippen LogP contribution in [-0.4, -0.2) is 11.1 Å². The van der Waals surface area contributed by atoms with Crippen LogP contribution in [0.5, 0.6) is 0 Å². The number of aryl methyl sites for hydroxylation is 2. The van der Waals surface area contributed by atoms with Gasteiger partial charge in [-0.25, -0.2) is 4.79 Å². The molecule has 0 spiro atoms. The van der Waals surface area contributed by atoms with E-state index in [1.54, 1.807) is 12.1 Å². The normalized spacial score (nSPS) is 14.0. The van der Waals surface area contributed by atoms with E-state index in [4.69, 9.17) is 0 Å². The van der Waals surface area contributed by atoms with Gasteiger partial charge in [0.2, 0.25) is 0 Å². The lowest BCUT2D eigenvalue weighted by Crippen LogP contribution is -2.22. The molecule has 0 amide bonds. The van der Waals surface area contributed by atoms with E-state index in [0.717, 1.165) is 29.5 Å². The fourth-order valence-corrected chi connectivity index (χ4v) is 4.52. The van der Waals surface area contributed by atoms with E-state index in [9.17, 15) is 9.90 Å². The van der Waals surface area contributed by atoms with Crippen molar-refractivity contribution >= 4 is 11.5 Å². The van der Waals surface area contributed by atoms with Crippen LogP contribution in [0, 0.1) is 11.8 Å². The summed E-state index contributed by atoms with van der Waals surface area (Å²) in [6.07, 6.45) is 5.07. The third-order valence-electron chi connectivity index (χ3n) is 6.60. The van der Waals surface area contributed by atoms with Gasteiger partial charge in [0.25, 0.3) is 0 Å². The Morgan fingerprint density at radius 1 is 0.909 bits per heavy atom. The van der Waals surface area contributed by atoms with Gasteiger partial charge in [-0.1, -0.05) is 75.9 Å². The van der Waals surface area contributed by atoms with Crippen LogP contribution >= 0.6 is 0 Å². The Balaban J connectivity index is 1.73. The molecule has 4 rings (SSSR count). The number of carbonyl (C=O) groups is 1. The van der Waals surface area contributed by atoms with Crippen LogP contribution in [0.3, 0.4) is 0 Å². The molecule has 0 heterocycles. The smallest absolute Gasteiger partial charge is 0.335 e. The zero-order chi connectivity index (χ0) is 23.6. The minimum Gasteiger partial charge on any atom is -0.478 e. The summed E-state index contributed by atoms with van der Waals surface area (Å²) < 4.78 is 0. The Bertz CT molecular complexity index is 1290. The lowest BCUT2D eigenvalue weighted by Gasteiger charge is -2.32. The van der Waals surface area contributed by atoms with E-state index in [1.807, 2.05) is 13.0 Å². The van der Waals surface area contributed by atoms with Crippen molar-refractivity contribution in [2.45, 2.75) is 52.4 Å². The predicted molar refractivity (Wildman–Crippen MR) is 136 cm³/mol. The zero-order valence-electron chi connectivity index (χ0n) is 19.8. The first-order valence-corrected chi connectivity index (χ1v) is 11.6. The van der Waals surface area contributed by atoms with Crippen LogP contribution in [0.4, 0.5) is 0 Å². The number of hydrogen-bond acceptors (Lipinski definition) is 1. The largest absolute Gasteiger partial charge is 0.478 e. The van der Waals surface area contributed by atoms with Crippen molar-refractivity contribution in [2.24, 2.45) is 0 Å². The second-order valence-electron chi connectivity index (χ2n) is 9.30. The lowest BCUT2D eigenvalue weighted by atomic mass is 9.72. The molecule has 0 aliphatic heterocycles. The number of aromatic carboxylic acids is 1. The molecule has 2 nitrogen and oxygen atoms in total. The third kappa shape index (κ3) is 4.64. The summed E-state index contributed by atoms with van der Waals surface area (Å²) in [6.45, 7) is 8.73. The first-order chi connectivity index (χ1) is 15.8. The molecule has 3 aromatic rings. The van der Waals surface area contributed by atoms with Crippen LogP contribution in [0.1, 0.15) is 83.4 Å². The van der Waals surface area contributed by atoms with E-state index in [-0.39, 0.29) is 5.41 Å². The van der Waals surface area contributed by atoms with Crippen LogP contribution in [0.25, 0.3) is 5.57 Å². The van der Waals surface area contributed by atoms with E-state index in [1.165, 1.54) is 27.8 Å². The Kier molecular flexibility index (Phi) is 6.25. The third-order valence-corrected chi connectivity index (χ3v) is 6.60. The van der Waals surface area contributed by atoms with Crippen LogP contribution < -0.4 is 0 Å². The molecule has 0 aromatic heterocycles. The average Bonchev–Trinajstić information content (AvgIpc) is 2.82. The Hall–Kier alpha value is -3.57. The highest BCUT2D eigenvalue weighted by Gasteiger charge is 2.28. The van der Waals surface area contributed by atoms with Crippen molar-refractivity contribution in [3.05, 3.63) is 111 Å². The summed E-state index contributed by atoms with van der Waals surface area (Å²) in [6, 6.07) is 20.7. The fraction of sp³-hybridized carbons (Fsp3) is 0.258. The fourth-order valence-electron chi connectivity index (χ4n) is 4.52. The van der Waals surface area contributed by atoms with Crippen LogP contribution in [0.15, 0.2) is 66.7 Å². The van der Waals surface area contributed by atoms with Gasteiger partial charge in [-0.05, 0) is 88.4 Å².